The van der Waals surface area contributed by atoms with Gasteiger partial charge in [-0.1, -0.05) is 41.1 Å². The van der Waals surface area contributed by atoms with Gasteiger partial charge in [0.1, 0.15) is 0 Å². The van der Waals surface area contributed by atoms with Crippen LogP contribution < -0.4 is 24.4 Å². The van der Waals surface area contributed by atoms with Crippen LogP contribution in [-0.4, -0.2) is 30.4 Å². The van der Waals surface area contributed by atoms with E-state index in [0.29, 0.717) is 42.7 Å². The van der Waals surface area contributed by atoms with Crippen molar-refractivity contribution in [2.45, 2.75) is 39.8 Å². The molecule has 4 rings (SSSR count). The summed E-state index contributed by atoms with van der Waals surface area (Å²) in [5, 5.41) is 0.575. The fourth-order valence-corrected chi connectivity index (χ4v) is 5.31. The van der Waals surface area contributed by atoms with Crippen LogP contribution in [0.4, 0.5) is 0 Å². The maximum absolute atomic E-state index is 13.7. The van der Waals surface area contributed by atoms with Gasteiger partial charge in [-0.15, -0.1) is 0 Å². The predicted molar refractivity (Wildman–Crippen MR) is 141 cm³/mol. The van der Waals surface area contributed by atoms with Crippen LogP contribution in [0.25, 0.3) is 6.08 Å². The summed E-state index contributed by atoms with van der Waals surface area (Å²) in [5.41, 5.74) is 2.01. The average molecular weight is 527 g/mol. The Hall–Kier alpha value is -3.36. The Morgan fingerprint density at radius 2 is 2.00 bits per heavy atom. The summed E-state index contributed by atoms with van der Waals surface area (Å²) < 4.78 is 18.8. The van der Waals surface area contributed by atoms with E-state index >= 15 is 0 Å². The van der Waals surface area contributed by atoms with Crippen LogP contribution in [0, 0.1) is 0 Å². The number of nitrogens with zero attached hydrogens (tertiary/aromatic N) is 2. The first kappa shape index (κ1) is 25.7. The van der Waals surface area contributed by atoms with Crippen molar-refractivity contribution in [3.63, 3.8) is 0 Å². The number of methoxy groups -OCH3 is 1. The highest BCUT2D eigenvalue weighted by Gasteiger charge is 2.34. The number of hydrogen-bond acceptors (Lipinski definition) is 7. The molecule has 2 aromatic carbocycles. The molecule has 0 unspecified atom stereocenters. The van der Waals surface area contributed by atoms with Gasteiger partial charge in [0.25, 0.3) is 5.56 Å². The van der Waals surface area contributed by atoms with E-state index < -0.39 is 12.0 Å². The van der Waals surface area contributed by atoms with Crippen LogP contribution in [0.1, 0.15) is 44.9 Å². The summed E-state index contributed by atoms with van der Waals surface area (Å²) in [6.45, 7) is 7.54. The van der Waals surface area contributed by atoms with Crippen LogP contribution in [0.5, 0.6) is 11.5 Å². The number of hydrogen-bond donors (Lipinski definition) is 0. The number of carbonyl (C=O) groups is 1. The van der Waals surface area contributed by atoms with Gasteiger partial charge in [0.15, 0.2) is 16.3 Å². The quantitative estimate of drug-likeness (QED) is 0.430. The molecule has 1 aliphatic rings. The summed E-state index contributed by atoms with van der Waals surface area (Å²) in [6.07, 6.45) is 1.72. The SMILES string of the molecule is CCOC(=O)C1=C(C)N=c2s/c(=C\c3cccc(Cl)c3)c(=O)n2[C@H]1c1ccc(OC(C)C)c(OC)c1. The minimum atomic E-state index is -0.746. The minimum Gasteiger partial charge on any atom is -0.493 e. The zero-order valence-corrected chi connectivity index (χ0v) is 22.3. The van der Waals surface area contributed by atoms with Crippen molar-refractivity contribution in [1.82, 2.24) is 4.57 Å². The first-order valence-corrected chi connectivity index (χ1v) is 12.7. The molecule has 36 heavy (non-hydrogen) atoms. The van der Waals surface area contributed by atoms with E-state index in [1.165, 1.54) is 15.9 Å². The Kier molecular flexibility index (Phi) is 7.66. The average Bonchev–Trinajstić information content (AvgIpc) is 3.12. The maximum Gasteiger partial charge on any atom is 0.338 e. The Morgan fingerprint density at radius 3 is 2.67 bits per heavy atom. The van der Waals surface area contributed by atoms with Gasteiger partial charge in [-0.05, 0) is 69.2 Å². The van der Waals surface area contributed by atoms with Crippen molar-refractivity contribution in [3.8, 4) is 11.5 Å². The molecule has 0 fully saturated rings. The Balaban J connectivity index is 1.95. The van der Waals surface area contributed by atoms with Crippen molar-refractivity contribution < 1.29 is 19.0 Å². The molecule has 0 saturated carbocycles. The number of rotatable bonds is 7. The third kappa shape index (κ3) is 5.10. The Morgan fingerprint density at radius 1 is 1.22 bits per heavy atom. The van der Waals surface area contributed by atoms with Crippen molar-refractivity contribution in [2.24, 2.45) is 4.99 Å². The van der Waals surface area contributed by atoms with E-state index in [4.69, 9.17) is 25.8 Å². The number of halogens is 1. The number of fused-ring (bicyclic) bond motifs is 1. The lowest BCUT2D eigenvalue weighted by atomic mass is 9.95. The second-order valence-electron chi connectivity index (χ2n) is 8.43. The summed E-state index contributed by atoms with van der Waals surface area (Å²) >= 11 is 7.39. The normalized spacial score (nSPS) is 15.5. The highest BCUT2D eigenvalue weighted by molar-refractivity contribution is 7.07. The highest BCUT2D eigenvalue weighted by Crippen LogP contribution is 2.36. The molecule has 1 aliphatic heterocycles. The summed E-state index contributed by atoms with van der Waals surface area (Å²) in [6, 6.07) is 11.9. The van der Waals surface area contributed by atoms with Crippen molar-refractivity contribution in [2.75, 3.05) is 13.7 Å². The van der Waals surface area contributed by atoms with E-state index in [1.807, 2.05) is 32.0 Å². The third-order valence-electron chi connectivity index (χ3n) is 5.53. The fourth-order valence-electron chi connectivity index (χ4n) is 4.06. The molecule has 0 bridgehead atoms. The van der Waals surface area contributed by atoms with Gasteiger partial charge in [0, 0.05) is 5.02 Å². The molecule has 1 aromatic heterocycles. The maximum atomic E-state index is 13.7. The molecule has 7 nitrogen and oxygen atoms in total. The first-order valence-electron chi connectivity index (χ1n) is 11.5. The van der Waals surface area contributed by atoms with Crippen molar-refractivity contribution >= 4 is 35.0 Å². The zero-order valence-electron chi connectivity index (χ0n) is 20.7. The van der Waals surface area contributed by atoms with Crippen LogP contribution in [0.2, 0.25) is 5.02 Å². The van der Waals surface area contributed by atoms with Gasteiger partial charge in [-0.25, -0.2) is 9.79 Å². The number of esters is 1. The molecule has 1 atom stereocenters. The molecule has 2 heterocycles. The Bertz CT molecular complexity index is 1520. The molecular formula is C27H27ClN2O5S. The molecule has 3 aromatic rings. The van der Waals surface area contributed by atoms with Gasteiger partial charge in [-0.3, -0.25) is 9.36 Å². The monoisotopic (exact) mass is 526 g/mol. The van der Waals surface area contributed by atoms with E-state index in [9.17, 15) is 9.59 Å². The van der Waals surface area contributed by atoms with Gasteiger partial charge < -0.3 is 14.2 Å². The molecule has 0 radical (unpaired) electrons. The summed E-state index contributed by atoms with van der Waals surface area (Å²) in [7, 11) is 1.55. The third-order valence-corrected chi connectivity index (χ3v) is 6.75. The van der Waals surface area contributed by atoms with Gasteiger partial charge in [0.2, 0.25) is 0 Å². The second-order valence-corrected chi connectivity index (χ2v) is 9.88. The van der Waals surface area contributed by atoms with Crippen molar-refractivity contribution in [3.05, 3.63) is 89.6 Å². The van der Waals surface area contributed by atoms with Gasteiger partial charge in [0.05, 0.1) is 41.7 Å². The molecule has 0 aliphatic carbocycles. The predicted octanol–water partition coefficient (Wildman–Crippen LogP) is 4.25. The molecule has 0 spiro atoms. The van der Waals surface area contributed by atoms with E-state index in [1.54, 1.807) is 51.3 Å². The van der Waals surface area contributed by atoms with E-state index in [2.05, 4.69) is 4.99 Å². The topological polar surface area (TPSA) is 79.1 Å². The van der Waals surface area contributed by atoms with E-state index in [-0.39, 0.29) is 18.3 Å². The molecule has 9 heteroatoms. The first-order chi connectivity index (χ1) is 17.2. The van der Waals surface area contributed by atoms with Gasteiger partial charge >= 0.3 is 5.97 Å². The minimum absolute atomic E-state index is 0.0499. The lowest BCUT2D eigenvalue weighted by molar-refractivity contribution is -0.139. The number of carbonyl (C=O) groups excluding carboxylic acids is 1. The lowest BCUT2D eigenvalue weighted by Crippen LogP contribution is -2.40. The molecular weight excluding hydrogens is 500 g/mol. The largest absolute Gasteiger partial charge is 0.493 e. The molecule has 188 valence electrons. The van der Waals surface area contributed by atoms with Crippen LogP contribution in [-0.2, 0) is 9.53 Å². The summed E-state index contributed by atoms with van der Waals surface area (Å²) in [5.74, 6) is 0.553. The van der Waals surface area contributed by atoms with E-state index in [0.717, 1.165) is 5.56 Å². The standard InChI is InChI=1S/C27H27ClN2O5S/c1-6-34-26(32)23-16(4)29-27-30(25(31)22(36-27)13-17-8-7-9-19(28)12-17)24(23)18-10-11-20(35-15(2)3)21(14-18)33-5/h7-15,24H,6H2,1-5H3/b22-13-/t24-/m0/s1. The molecule has 0 N–H and O–H groups in total. The van der Waals surface area contributed by atoms with Crippen LogP contribution in [0.15, 0.2) is 63.5 Å². The number of allylic oxidation sites excluding steroid dienone is 1. The number of aromatic nitrogens is 1. The second kappa shape index (κ2) is 10.7. The molecule has 0 saturated heterocycles. The number of ether oxygens (including phenoxy) is 3. The smallest absolute Gasteiger partial charge is 0.338 e. The van der Waals surface area contributed by atoms with Crippen molar-refractivity contribution in [1.29, 1.82) is 0 Å². The number of thiazole rings is 1. The van der Waals surface area contributed by atoms with Crippen LogP contribution in [0.3, 0.4) is 0 Å². The lowest BCUT2D eigenvalue weighted by Gasteiger charge is -2.25. The fraction of sp³-hybridized carbons (Fsp3) is 0.296. The Labute approximate surface area is 217 Å². The zero-order chi connectivity index (χ0) is 26.0. The van der Waals surface area contributed by atoms with Crippen LogP contribution >= 0.6 is 22.9 Å². The highest BCUT2D eigenvalue weighted by atomic mass is 35.5. The number of benzene rings is 2. The summed E-state index contributed by atoms with van der Waals surface area (Å²) in [4.78, 5) is 31.9. The van der Waals surface area contributed by atoms with Gasteiger partial charge in [-0.2, -0.15) is 0 Å². The molecule has 0 amide bonds.